The lowest BCUT2D eigenvalue weighted by molar-refractivity contribution is 0.478. The van der Waals surface area contributed by atoms with Gasteiger partial charge in [0.15, 0.2) is 11.4 Å². The van der Waals surface area contributed by atoms with E-state index in [2.05, 4.69) is 4.98 Å². The predicted molar refractivity (Wildman–Crippen MR) is 59.9 cm³/mol. The van der Waals surface area contributed by atoms with Crippen molar-refractivity contribution < 1.29 is 4.74 Å². The van der Waals surface area contributed by atoms with Crippen LogP contribution in [0.2, 0.25) is 0 Å². The van der Waals surface area contributed by atoms with E-state index in [4.69, 9.17) is 15.7 Å². The van der Waals surface area contributed by atoms with Gasteiger partial charge < -0.3 is 10.5 Å². The molecule has 4 nitrogen and oxygen atoms in total. The predicted octanol–water partition coefficient (Wildman–Crippen LogP) is 2.33. The SMILES string of the molecule is N#Cc1ncccc1Oc1ccc(N)cc1. The normalized spacial score (nSPS) is 9.44. The molecule has 0 fully saturated rings. The highest BCUT2D eigenvalue weighted by molar-refractivity contribution is 5.45. The number of ether oxygens (including phenoxy) is 1. The molecule has 78 valence electrons. The van der Waals surface area contributed by atoms with Gasteiger partial charge in [0.25, 0.3) is 0 Å². The molecule has 0 aliphatic carbocycles. The summed E-state index contributed by atoms with van der Waals surface area (Å²) < 4.78 is 5.51. The molecule has 0 bridgehead atoms. The summed E-state index contributed by atoms with van der Waals surface area (Å²) in [4.78, 5) is 3.90. The molecule has 0 saturated carbocycles. The number of anilines is 1. The van der Waals surface area contributed by atoms with Gasteiger partial charge in [-0.2, -0.15) is 5.26 Å². The highest BCUT2D eigenvalue weighted by Crippen LogP contribution is 2.23. The van der Waals surface area contributed by atoms with E-state index in [0.29, 0.717) is 17.2 Å². The van der Waals surface area contributed by atoms with Gasteiger partial charge >= 0.3 is 0 Å². The van der Waals surface area contributed by atoms with Crippen LogP contribution in [0.25, 0.3) is 0 Å². The number of rotatable bonds is 2. The minimum absolute atomic E-state index is 0.263. The molecule has 1 aromatic heterocycles. The lowest BCUT2D eigenvalue weighted by Crippen LogP contribution is -1.91. The molecule has 0 atom stereocenters. The molecule has 1 heterocycles. The van der Waals surface area contributed by atoms with Crippen molar-refractivity contribution in [2.75, 3.05) is 5.73 Å². The molecule has 0 amide bonds. The Morgan fingerprint density at radius 1 is 1.19 bits per heavy atom. The van der Waals surface area contributed by atoms with Crippen molar-refractivity contribution in [1.29, 1.82) is 5.26 Å². The van der Waals surface area contributed by atoms with Gasteiger partial charge in [0.2, 0.25) is 0 Å². The van der Waals surface area contributed by atoms with E-state index in [1.807, 2.05) is 6.07 Å². The van der Waals surface area contributed by atoms with Crippen molar-refractivity contribution in [3.63, 3.8) is 0 Å². The molecule has 0 unspecified atom stereocenters. The molecule has 0 aliphatic heterocycles. The standard InChI is InChI=1S/C12H9N3O/c13-8-11-12(2-1-7-15-11)16-10-5-3-9(14)4-6-10/h1-7H,14H2. The summed E-state index contributed by atoms with van der Waals surface area (Å²) in [5.41, 5.74) is 6.48. The van der Waals surface area contributed by atoms with Crippen LogP contribution in [0.1, 0.15) is 5.69 Å². The van der Waals surface area contributed by atoms with Crippen LogP contribution in [0.4, 0.5) is 5.69 Å². The highest BCUT2D eigenvalue weighted by atomic mass is 16.5. The van der Waals surface area contributed by atoms with E-state index in [0.717, 1.165) is 0 Å². The quantitative estimate of drug-likeness (QED) is 0.774. The molecular weight excluding hydrogens is 202 g/mol. The Morgan fingerprint density at radius 3 is 2.62 bits per heavy atom. The summed E-state index contributed by atoms with van der Waals surface area (Å²) in [7, 11) is 0. The Bertz CT molecular complexity index is 529. The van der Waals surface area contributed by atoms with Gasteiger partial charge in [0, 0.05) is 11.9 Å². The number of hydrogen-bond acceptors (Lipinski definition) is 4. The van der Waals surface area contributed by atoms with Gasteiger partial charge in [-0.25, -0.2) is 4.98 Å². The Morgan fingerprint density at radius 2 is 1.94 bits per heavy atom. The number of nitrogens with zero attached hydrogens (tertiary/aromatic N) is 2. The smallest absolute Gasteiger partial charge is 0.183 e. The zero-order chi connectivity index (χ0) is 11.4. The Labute approximate surface area is 92.9 Å². The maximum absolute atomic E-state index is 8.83. The second-order valence-corrected chi connectivity index (χ2v) is 3.13. The monoisotopic (exact) mass is 211 g/mol. The van der Waals surface area contributed by atoms with Crippen molar-refractivity contribution in [1.82, 2.24) is 4.98 Å². The highest BCUT2D eigenvalue weighted by Gasteiger charge is 2.04. The van der Waals surface area contributed by atoms with E-state index in [1.54, 1.807) is 42.6 Å². The van der Waals surface area contributed by atoms with E-state index >= 15 is 0 Å². The molecule has 1 aromatic carbocycles. The van der Waals surface area contributed by atoms with Crippen LogP contribution in [0.3, 0.4) is 0 Å². The van der Waals surface area contributed by atoms with Gasteiger partial charge in [-0.15, -0.1) is 0 Å². The number of nitriles is 1. The van der Waals surface area contributed by atoms with Gasteiger partial charge in [-0.05, 0) is 36.4 Å². The van der Waals surface area contributed by atoms with Gasteiger partial charge in [-0.1, -0.05) is 0 Å². The third-order valence-corrected chi connectivity index (χ3v) is 1.98. The van der Waals surface area contributed by atoms with E-state index in [9.17, 15) is 0 Å². The molecule has 0 radical (unpaired) electrons. The number of nitrogens with two attached hydrogens (primary N) is 1. The number of pyridine rings is 1. The molecule has 16 heavy (non-hydrogen) atoms. The van der Waals surface area contributed by atoms with Gasteiger partial charge in [0.1, 0.15) is 11.8 Å². The minimum atomic E-state index is 0.263. The van der Waals surface area contributed by atoms with Gasteiger partial charge in [-0.3, -0.25) is 0 Å². The molecule has 0 aliphatic rings. The Balaban J connectivity index is 2.27. The van der Waals surface area contributed by atoms with Crippen molar-refractivity contribution in [3.05, 3.63) is 48.3 Å². The molecule has 0 spiro atoms. The summed E-state index contributed by atoms with van der Waals surface area (Å²) in [6.45, 7) is 0. The minimum Gasteiger partial charge on any atom is -0.454 e. The number of aromatic nitrogens is 1. The van der Waals surface area contributed by atoms with Gasteiger partial charge in [0.05, 0.1) is 0 Å². The van der Waals surface area contributed by atoms with Crippen LogP contribution < -0.4 is 10.5 Å². The molecule has 0 saturated heterocycles. The molecule has 2 N–H and O–H groups in total. The first-order chi connectivity index (χ1) is 7.79. The van der Waals surface area contributed by atoms with Crippen LogP contribution in [-0.4, -0.2) is 4.98 Å². The molecular formula is C12H9N3O. The fraction of sp³-hybridized carbons (Fsp3) is 0. The maximum atomic E-state index is 8.83. The molecule has 2 aromatic rings. The van der Waals surface area contributed by atoms with E-state index in [1.165, 1.54) is 0 Å². The zero-order valence-corrected chi connectivity index (χ0v) is 8.42. The van der Waals surface area contributed by atoms with Crippen LogP contribution >= 0.6 is 0 Å². The van der Waals surface area contributed by atoms with Crippen LogP contribution in [0.15, 0.2) is 42.6 Å². The zero-order valence-electron chi connectivity index (χ0n) is 8.42. The average Bonchev–Trinajstić information content (AvgIpc) is 2.33. The first-order valence-corrected chi connectivity index (χ1v) is 4.68. The Hall–Kier alpha value is -2.54. The second kappa shape index (κ2) is 4.32. The Kier molecular flexibility index (Phi) is 2.70. The van der Waals surface area contributed by atoms with Crippen molar-refractivity contribution in [3.8, 4) is 17.6 Å². The fourth-order valence-electron chi connectivity index (χ4n) is 1.22. The first-order valence-electron chi connectivity index (χ1n) is 4.68. The third-order valence-electron chi connectivity index (χ3n) is 1.98. The summed E-state index contributed by atoms with van der Waals surface area (Å²) in [6.07, 6.45) is 1.55. The van der Waals surface area contributed by atoms with Crippen molar-refractivity contribution in [2.45, 2.75) is 0 Å². The number of benzene rings is 1. The summed E-state index contributed by atoms with van der Waals surface area (Å²) >= 11 is 0. The van der Waals surface area contributed by atoms with E-state index < -0.39 is 0 Å². The van der Waals surface area contributed by atoms with Crippen LogP contribution in [0, 0.1) is 11.3 Å². The number of nitrogen functional groups attached to an aromatic ring is 1. The fourth-order valence-corrected chi connectivity index (χ4v) is 1.22. The summed E-state index contributed by atoms with van der Waals surface area (Å²) in [6, 6.07) is 12.3. The van der Waals surface area contributed by atoms with Crippen LogP contribution in [0.5, 0.6) is 11.5 Å². The number of hydrogen-bond donors (Lipinski definition) is 1. The summed E-state index contributed by atoms with van der Waals surface area (Å²) in [5.74, 6) is 1.06. The van der Waals surface area contributed by atoms with E-state index in [-0.39, 0.29) is 5.69 Å². The van der Waals surface area contributed by atoms with Crippen LogP contribution in [-0.2, 0) is 0 Å². The molecule has 4 heteroatoms. The first kappa shape index (κ1) is 9.99. The maximum Gasteiger partial charge on any atom is 0.183 e. The summed E-state index contributed by atoms with van der Waals surface area (Å²) in [5, 5.41) is 8.83. The lowest BCUT2D eigenvalue weighted by Gasteiger charge is -2.06. The second-order valence-electron chi connectivity index (χ2n) is 3.13. The third kappa shape index (κ3) is 2.10. The topological polar surface area (TPSA) is 71.9 Å². The lowest BCUT2D eigenvalue weighted by atomic mass is 10.3. The van der Waals surface area contributed by atoms with Crippen molar-refractivity contribution >= 4 is 5.69 Å². The molecule has 2 rings (SSSR count). The largest absolute Gasteiger partial charge is 0.454 e. The average molecular weight is 211 g/mol. The van der Waals surface area contributed by atoms with Crippen molar-refractivity contribution in [2.24, 2.45) is 0 Å².